The summed E-state index contributed by atoms with van der Waals surface area (Å²) in [6.07, 6.45) is 13.1. The van der Waals surface area contributed by atoms with Crippen LogP contribution >= 0.6 is 0 Å². The lowest BCUT2D eigenvalue weighted by Gasteiger charge is -2.26. The number of carbonyl (C=O) groups is 1. The Balaban J connectivity index is 1.35. The standard InChI is InChI=1S/C24H33NO2/c1-17(2)5-3-4-6-18-7-8-20-14-21(10-9-19(20)13-18)22-11-12-24(15-22)16-27-23(26)25-24/h5,9-10,14,18,22H,3-4,6-8,11-13,15-16H2,1-2H3,(H,25,26)/t18-,22-,24+/m0/s1. The van der Waals surface area contributed by atoms with Crippen LogP contribution in [-0.4, -0.2) is 18.2 Å². The van der Waals surface area contributed by atoms with Gasteiger partial charge in [-0.2, -0.15) is 0 Å². The van der Waals surface area contributed by atoms with Gasteiger partial charge in [-0.3, -0.25) is 0 Å². The first-order valence-corrected chi connectivity index (χ1v) is 10.7. The maximum Gasteiger partial charge on any atom is 0.407 e. The van der Waals surface area contributed by atoms with Gasteiger partial charge in [0.25, 0.3) is 0 Å². The van der Waals surface area contributed by atoms with Gasteiger partial charge < -0.3 is 10.1 Å². The van der Waals surface area contributed by atoms with E-state index in [1.54, 1.807) is 11.1 Å². The molecule has 0 unspecified atom stereocenters. The lowest BCUT2D eigenvalue weighted by atomic mass is 9.79. The molecule has 3 atom stereocenters. The highest BCUT2D eigenvalue weighted by molar-refractivity contribution is 5.70. The number of amides is 1. The molecule has 3 aliphatic rings. The second-order valence-corrected chi connectivity index (χ2v) is 9.27. The number of alkyl carbamates (subject to hydrolysis) is 1. The van der Waals surface area contributed by atoms with Gasteiger partial charge in [-0.05, 0) is 100 Å². The van der Waals surface area contributed by atoms with Crippen LogP contribution in [0.3, 0.4) is 0 Å². The first-order valence-electron chi connectivity index (χ1n) is 10.7. The van der Waals surface area contributed by atoms with Crippen molar-refractivity contribution >= 4 is 6.09 Å². The quantitative estimate of drug-likeness (QED) is 0.537. The van der Waals surface area contributed by atoms with E-state index in [0.29, 0.717) is 12.5 Å². The fourth-order valence-electron chi connectivity index (χ4n) is 5.30. The highest BCUT2D eigenvalue weighted by Crippen LogP contribution is 2.43. The maximum atomic E-state index is 11.5. The van der Waals surface area contributed by atoms with E-state index < -0.39 is 0 Å². The summed E-state index contributed by atoms with van der Waals surface area (Å²) in [5.41, 5.74) is 5.94. The molecule has 1 aliphatic heterocycles. The van der Waals surface area contributed by atoms with E-state index >= 15 is 0 Å². The van der Waals surface area contributed by atoms with Crippen molar-refractivity contribution < 1.29 is 9.53 Å². The van der Waals surface area contributed by atoms with Crippen LogP contribution in [0.25, 0.3) is 0 Å². The van der Waals surface area contributed by atoms with Crippen molar-refractivity contribution in [1.29, 1.82) is 0 Å². The summed E-state index contributed by atoms with van der Waals surface area (Å²) in [5.74, 6) is 1.41. The monoisotopic (exact) mass is 367 g/mol. The Bertz CT molecular complexity index is 734. The largest absolute Gasteiger partial charge is 0.447 e. The van der Waals surface area contributed by atoms with Gasteiger partial charge in [0, 0.05) is 0 Å². The van der Waals surface area contributed by atoms with Gasteiger partial charge in [-0.1, -0.05) is 29.8 Å². The molecule has 1 aromatic rings. The van der Waals surface area contributed by atoms with Crippen LogP contribution in [0.1, 0.15) is 81.4 Å². The van der Waals surface area contributed by atoms with Crippen LogP contribution in [0.15, 0.2) is 29.8 Å². The molecule has 1 spiro atoms. The van der Waals surface area contributed by atoms with Gasteiger partial charge in [-0.15, -0.1) is 0 Å². The normalized spacial score (nSPS) is 29.3. The molecule has 1 N–H and O–H groups in total. The lowest BCUT2D eigenvalue weighted by molar-refractivity contribution is 0.172. The second-order valence-electron chi connectivity index (χ2n) is 9.27. The summed E-state index contributed by atoms with van der Waals surface area (Å²) in [6.45, 7) is 4.92. The predicted octanol–water partition coefficient (Wildman–Crippen LogP) is 5.67. The molecule has 2 fully saturated rings. The molecule has 3 nitrogen and oxygen atoms in total. The number of nitrogens with one attached hydrogen (secondary N) is 1. The molecule has 1 aromatic carbocycles. The molecular formula is C24H33NO2. The van der Waals surface area contributed by atoms with Crippen molar-refractivity contribution in [3.8, 4) is 0 Å². The van der Waals surface area contributed by atoms with E-state index in [9.17, 15) is 4.79 Å². The third kappa shape index (κ3) is 4.23. The highest BCUT2D eigenvalue weighted by atomic mass is 16.6. The molecule has 3 heteroatoms. The zero-order chi connectivity index (χ0) is 18.9. The average Bonchev–Trinajstić information content (AvgIpc) is 3.24. The molecular weight excluding hydrogens is 334 g/mol. The van der Waals surface area contributed by atoms with Crippen LogP contribution in [0, 0.1) is 5.92 Å². The minimum atomic E-state index is -0.239. The van der Waals surface area contributed by atoms with Gasteiger partial charge in [0.1, 0.15) is 6.61 Å². The summed E-state index contributed by atoms with van der Waals surface area (Å²) >= 11 is 0. The van der Waals surface area contributed by atoms with Gasteiger partial charge in [0.05, 0.1) is 5.54 Å². The molecule has 2 aliphatic carbocycles. The van der Waals surface area contributed by atoms with Crippen LogP contribution in [0.2, 0.25) is 0 Å². The topological polar surface area (TPSA) is 38.3 Å². The number of unbranched alkanes of at least 4 members (excludes halogenated alkanes) is 1. The van der Waals surface area contributed by atoms with Crippen molar-refractivity contribution in [2.45, 2.75) is 83.1 Å². The number of hydrogen-bond donors (Lipinski definition) is 1. The fraction of sp³-hybridized carbons (Fsp3) is 0.625. The third-order valence-corrected chi connectivity index (χ3v) is 6.86. The number of rotatable bonds is 5. The molecule has 1 saturated carbocycles. The summed E-state index contributed by atoms with van der Waals surface area (Å²) < 4.78 is 5.18. The number of ether oxygens (including phenoxy) is 1. The molecule has 27 heavy (non-hydrogen) atoms. The Hall–Kier alpha value is -1.77. The third-order valence-electron chi connectivity index (χ3n) is 6.86. The van der Waals surface area contributed by atoms with Crippen LogP contribution in [-0.2, 0) is 17.6 Å². The Kier molecular flexibility index (Phi) is 5.29. The smallest absolute Gasteiger partial charge is 0.407 e. The second kappa shape index (κ2) is 7.69. The Morgan fingerprint density at radius 1 is 1.30 bits per heavy atom. The SMILES string of the molecule is CC(C)=CCCC[C@H]1CCc2cc([C@H]3CC[C@]4(COC(=O)N4)C3)ccc2C1. The van der Waals surface area contributed by atoms with Crippen molar-refractivity contribution in [1.82, 2.24) is 5.32 Å². The van der Waals surface area contributed by atoms with Gasteiger partial charge in [-0.25, -0.2) is 4.79 Å². The molecule has 1 saturated heterocycles. The van der Waals surface area contributed by atoms with Crippen molar-refractivity contribution in [2.75, 3.05) is 6.61 Å². The first-order chi connectivity index (χ1) is 13.0. The number of carbonyl (C=O) groups excluding carboxylic acids is 1. The van der Waals surface area contributed by atoms with E-state index in [4.69, 9.17) is 4.74 Å². The van der Waals surface area contributed by atoms with E-state index in [2.05, 4.69) is 43.4 Å². The van der Waals surface area contributed by atoms with Gasteiger partial charge in [0.15, 0.2) is 0 Å². The number of allylic oxidation sites excluding steroid dienone is 2. The molecule has 0 aromatic heterocycles. The van der Waals surface area contributed by atoms with Crippen molar-refractivity contribution in [3.63, 3.8) is 0 Å². The first kappa shape index (κ1) is 18.6. The zero-order valence-corrected chi connectivity index (χ0v) is 16.9. The summed E-state index contributed by atoms with van der Waals surface area (Å²) in [4.78, 5) is 11.5. The summed E-state index contributed by atoms with van der Waals surface area (Å²) in [7, 11) is 0. The Morgan fingerprint density at radius 3 is 2.96 bits per heavy atom. The predicted molar refractivity (Wildman–Crippen MR) is 109 cm³/mol. The molecule has 1 heterocycles. The van der Waals surface area contributed by atoms with E-state index in [1.165, 1.54) is 49.7 Å². The number of fused-ring (bicyclic) bond motifs is 1. The molecule has 146 valence electrons. The molecule has 4 rings (SSSR count). The van der Waals surface area contributed by atoms with E-state index in [0.717, 1.165) is 25.2 Å². The molecule has 0 bridgehead atoms. The minimum Gasteiger partial charge on any atom is -0.447 e. The minimum absolute atomic E-state index is 0.103. The van der Waals surface area contributed by atoms with Crippen molar-refractivity contribution in [3.05, 3.63) is 46.5 Å². The van der Waals surface area contributed by atoms with Crippen LogP contribution < -0.4 is 5.32 Å². The lowest BCUT2D eigenvalue weighted by Crippen LogP contribution is -2.40. The Labute approximate surface area is 163 Å². The number of cyclic esters (lactones) is 1. The van der Waals surface area contributed by atoms with E-state index in [1.807, 2.05) is 0 Å². The van der Waals surface area contributed by atoms with Crippen LogP contribution in [0.4, 0.5) is 4.79 Å². The van der Waals surface area contributed by atoms with Crippen LogP contribution in [0.5, 0.6) is 0 Å². The average molecular weight is 368 g/mol. The maximum absolute atomic E-state index is 11.5. The van der Waals surface area contributed by atoms with Crippen molar-refractivity contribution in [2.24, 2.45) is 5.92 Å². The molecule has 0 radical (unpaired) electrons. The van der Waals surface area contributed by atoms with E-state index in [-0.39, 0.29) is 11.6 Å². The van der Waals surface area contributed by atoms with Gasteiger partial charge >= 0.3 is 6.09 Å². The summed E-state index contributed by atoms with van der Waals surface area (Å²) in [5, 5.41) is 3.06. The molecule has 1 amide bonds. The zero-order valence-electron chi connectivity index (χ0n) is 16.9. The highest BCUT2D eigenvalue weighted by Gasteiger charge is 2.46. The fourth-order valence-corrected chi connectivity index (χ4v) is 5.30. The number of benzene rings is 1. The van der Waals surface area contributed by atoms with Gasteiger partial charge in [0.2, 0.25) is 0 Å². The number of hydrogen-bond acceptors (Lipinski definition) is 2. The number of aryl methyl sites for hydroxylation is 1. The Morgan fingerprint density at radius 2 is 2.19 bits per heavy atom. The summed E-state index contributed by atoms with van der Waals surface area (Å²) in [6, 6.07) is 7.21.